The minimum Gasteiger partial charge on any atom is -0.485 e. The predicted molar refractivity (Wildman–Crippen MR) is 84.2 cm³/mol. The molecular formula is C15H16BrClN2O. The molecule has 0 atom stereocenters. The minimum absolute atomic E-state index is 0.275. The molecule has 1 aromatic carbocycles. The second-order valence-corrected chi connectivity index (χ2v) is 5.93. The number of alkyl halides is 1. The molecule has 0 fully saturated rings. The number of rotatable bonds is 5. The van der Waals surface area contributed by atoms with Gasteiger partial charge in [-0.2, -0.15) is 0 Å². The van der Waals surface area contributed by atoms with Crippen LogP contribution in [0.25, 0.3) is 0 Å². The molecule has 3 nitrogen and oxygen atoms in total. The Hall–Kier alpha value is -1.13. The predicted octanol–water partition coefficient (Wildman–Crippen LogP) is 4.68. The normalized spacial score (nSPS) is 10.8. The average Bonchev–Trinajstić information content (AvgIpc) is 2.46. The Bertz CT molecular complexity index is 573. The van der Waals surface area contributed by atoms with Gasteiger partial charge in [0, 0.05) is 10.4 Å². The Morgan fingerprint density at radius 2 is 1.95 bits per heavy atom. The second kappa shape index (κ2) is 7.04. The highest BCUT2D eigenvalue weighted by atomic mass is 79.9. The van der Waals surface area contributed by atoms with Crippen LogP contribution in [0.2, 0.25) is 0 Å². The quantitative estimate of drug-likeness (QED) is 0.730. The zero-order chi connectivity index (χ0) is 14.5. The summed E-state index contributed by atoms with van der Waals surface area (Å²) in [4.78, 5) is 8.75. The van der Waals surface area contributed by atoms with Crippen LogP contribution in [0.4, 0.5) is 0 Å². The van der Waals surface area contributed by atoms with E-state index in [1.54, 1.807) is 6.20 Å². The standard InChI is InChI=1S/C15H16BrClN2O/c1-10(2)15-18-8-14(13(7-17)19-15)20-9-11-3-5-12(16)6-4-11/h3-6,8,10H,7,9H2,1-2H3. The molecule has 106 valence electrons. The summed E-state index contributed by atoms with van der Waals surface area (Å²) in [5.41, 5.74) is 1.82. The third-order valence-corrected chi connectivity index (χ3v) is 3.58. The monoisotopic (exact) mass is 354 g/mol. The molecule has 20 heavy (non-hydrogen) atoms. The molecule has 0 bridgehead atoms. The van der Waals surface area contributed by atoms with Crippen LogP contribution in [-0.2, 0) is 12.5 Å². The van der Waals surface area contributed by atoms with Crippen molar-refractivity contribution in [2.24, 2.45) is 0 Å². The molecule has 2 aromatic rings. The number of halogens is 2. The molecule has 0 aliphatic rings. The number of hydrogen-bond donors (Lipinski definition) is 0. The van der Waals surface area contributed by atoms with E-state index in [-0.39, 0.29) is 5.92 Å². The van der Waals surface area contributed by atoms with Gasteiger partial charge in [0.05, 0.1) is 12.1 Å². The molecule has 0 N–H and O–H groups in total. The fourth-order valence-corrected chi connectivity index (χ4v) is 2.11. The molecule has 0 saturated carbocycles. The molecule has 0 unspecified atom stereocenters. The SMILES string of the molecule is CC(C)c1ncc(OCc2ccc(Br)cc2)c(CCl)n1. The van der Waals surface area contributed by atoms with Crippen LogP contribution >= 0.6 is 27.5 Å². The Morgan fingerprint density at radius 3 is 2.55 bits per heavy atom. The van der Waals surface area contributed by atoms with E-state index in [2.05, 4.69) is 39.7 Å². The lowest BCUT2D eigenvalue weighted by atomic mass is 10.2. The highest BCUT2D eigenvalue weighted by Crippen LogP contribution is 2.21. The van der Waals surface area contributed by atoms with Crippen LogP contribution in [0, 0.1) is 0 Å². The third kappa shape index (κ3) is 3.93. The van der Waals surface area contributed by atoms with Crippen LogP contribution < -0.4 is 4.74 Å². The van der Waals surface area contributed by atoms with Gasteiger partial charge in [0.1, 0.15) is 18.1 Å². The smallest absolute Gasteiger partial charge is 0.160 e. The summed E-state index contributed by atoms with van der Waals surface area (Å²) in [7, 11) is 0. The molecule has 0 spiro atoms. The third-order valence-electron chi connectivity index (χ3n) is 2.80. The van der Waals surface area contributed by atoms with Crippen molar-refractivity contribution in [3.8, 4) is 5.75 Å². The van der Waals surface area contributed by atoms with Gasteiger partial charge in [-0.15, -0.1) is 11.6 Å². The van der Waals surface area contributed by atoms with E-state index >= 15 is 0 Å². The van der Waals surface area contributed by atoms with Crippen molar-refractivity contribution in [1.29, 1.82) is 0 Å². The Morgan fingerprint density at radius 1 is 1.25 bits per heavy atom. The maximum absolute atomic E-state index is 5.93. The maximum Gasteiger partial charge on any atom is 0.160 e. The molecule has 0 amide bonds. The fourth-order valence-electron chi connectivity index (χ4n) is 1.66. The van der Waals surface area contributed by atoms with Crippen molar-refractivity contribution < 1.29 is 4.74 Å². The number of hydrogen-bond acceptors (Lipinski definition) is 3. The lowest BCUT2D eigenvalue weighted by molar-refractivity contribution is 0.300. The Labute approximate surface area is 132 Å². The van der Waals surface area contributed by atoms with E-state index in [0.717, 1.165) is 21.6 Å². The molecule has 0 aliphatic heterocycles. The van der Waals surface area contributed by atoms with Gasteiger partial charge in [0.25, 0.3) is 0 Å². The van der Waals surface area contributed by atoms with Crippen LogP contribution in [0.3, 0.4) is 0 Å². The fraction of sp³-hybridized carbons (Fsp3) is 0.333. The van der Waals surface area contributed by atoms with Gasteiger partial charge in [-0.25, -0.2) is 9.97 Å². The lowest BCUT2D eigenvalue weighted by Gasteiger charge is -2.11. The highest BCUT2D eigenvalue weighted by molar-refractivity contribution is 9.10. The average molecular weight is 356 g/mol. The minimum atomic E-state index is 0.275. The van der Waals surface area contributed by atoms with Gasteiger partial charge in [-0.05, 0) is 17.7 Å². The van der Waals surface area contributed by atoms with Crippen molar-refractivity contribution in [2.45, 2.75) is 32.3 Å². The summed E-state index contributed by atoms with van der Waals surface area (Å²) < 4.78 is 6.81. The van der Waals surface area contributed by atoms with Gasteiger partial charge in [0.15, 0.2) is 5.75 Å². The largest absolute Gasteiger partial charge is 0.485 e. The summed E-state index contributed by atoms with van der Waals surface area (Å²) in [6.45, 7) is 4.58. The van der Waals surface area contributed by atoms with Gasteiger partial charge in [-0.3, -0.25) is 0 Å². The first-order valence-corrected chi connectivity index (χ1v) is 7.72. The van der Waals surface area contributed by atoms with Gasteiger partial charge >= 0.3 is 0 Å². The zero-order valence-electron chi connectivity index (χ0n) is 11.4. The van der Waals surface area contributed by atoms with Crippen LogP contribution in [0.15, 0.2) is 34.9 Å². The molecule has 0 saturated heterocycles. The number of benzene rings is 1. The topological polar surface area (TPSA) is 35.0 Å². The maximum atomic E-state index is 5.93. The van der Waals surface area contributed by atoms with E-state index in [1.807, 2.05) is 24.3 Å². The molecule has 0 radical (unpaired) electrons. The van der Waals surface area contributed by atoms with E-state index in [4.69, 9.17) is 16.3 Å². The number of aromatic nitrogens is 2. The molecule has 1 heterocycles. The van der Waals surface area contributed by atoms with Gasteiger partial charge < -0.3 is 4.74 Å². The Balaban J connectivity index is 2.10. The molecular weight excluding hydrogens is 340 g/mol. The van der Waals surface area contributed by atoms with Crippen molar-refractivity contribution in [2.75, 3.05) is 0 Å². The summed E-state index contributed by atoms with van der Waals surface area (Å²) in [6.07, 6.45) is 1.71. The summed E-state index contributed by atoms with van der Waals surface area (Å²) >= 11 is 9.34. The van der Waals surface area contributed by atoms with Gasteiger partial charge in [0.2, 0.25) is 0 Å². The van der Waals surface area contributed by atoms with Gasteiger partial charge in [-0.1, -0.05) is 41.9 Å². The van der Waals surface area contributed by atoms with Crippen molar-refractivity contribution in [3.05, 3.63) is 52.0 Å². The highest BCUT2D eigenvalue weighted by Gasteiger charge is 2.10. The first kappa shape index (κ1) is 15.3. The van der Waals surface area contributed by atoms with E-state index in [0.29, 0.717) is 18.2 Å². The van der Waals surface area contributed by atoms with Crippen LogP contribution in [-0.4, -0.2) is 9.97 Å². The number of ether oxygens (including phenoxy) is 1. The summed E-state index contributed by atoms with van der Waals surface area (Å²) in [5.74, 6) is 2.03. The second-order valence-electron chi connectivity index (χ2n) is 4.74. The van der Waals surface area contributed by atoms with Crippen LogP contribution in [0.5, 0.6) is 5.75 Å². The van der Waals surface area contributed by atoms with Crippen molar-refractivity contribution in [3.63, 3.8) is 0 Å². The molecule has 1 aromatic heterocycles. The summed E-state index contributed by atoms with van der Waals surface area (Å²) in [5, 5.41) is 0. The Kier molecular flexibility index (Phi) is 5.38. The van der Waals surface area contributed by atoms with Crippen LogP contribution in [0.1, 0.15) is 36.8 Å². The number of nitrogens with zero attached hydrogens (tertiary/aromatic N) is 2. The first-order valence-electron chi connectivity index (χ1n) is 6.39. The van der Waals surface area contributed by atoms with Crippen molar-refractivity contribution >= 4 is 27.5 Å². The van der Waals surface area contributed by atoms with E-state index in [1.165, 1.54) is 0 Å². The molecule has 5 heteroatoms. The summed E-state index contributed by atoms with van der Waals surface area (Å²) in [6, 6.07) is 7.99. The lowest BCUT2D eigenvalue weighted by Crippen LogP contribution is -2.04. The molecule has 0 aliphatic carbocycles. The van der Waals surface area contributed by atoms with E-state index < -0.39 is 0 Å². The zero-order valence-corrected chi connectivity index (χ0v) is 13.8. The van der Waals surface area contributed by atoms with Crippen molar-refractivity contribution in [1.82, 2.24) is 9.97 Å². The van der Waals surface area contributed by atoms with E-state index in [9.17, 15) is 0 Å². The molecule has 2 rings (SSSR count). The first-order chi connectivity index (χ1) is 9.60.